The van der Waals surface area contributed by atoms with Crippen LogP contribution in [0.1, 0.15) is 33.8 Å². The second kappa shape index (κ2) is 5.80. The van der Waals surface area contributed by atoms with Crippen LogP contribution in [0.25, 0.3) is 0 Å². The van der Waals surface area contributed by atoms with Crippen LogP contribution in [0, 0.1) is 25.5 Å². The third-order valence-corrected chi connectivity index (χ3v) is 4.13. The molecule has 0 aliphatic heterocycles. The topological polar surface area (TPSA) is 12.0 Å². The molecule has 4 heteroatoms. The van der Waals surface area contributed by atoms with Crippen molar-refractivity contribution < 1.29 is 8.78 Å². The first-order chi connectivity index (χ1) is 8.97. The number of halogens is 2. The second-order valence-electron chi connectivity index (χ2n) is 4.71. The molecule has 102 valence electrons. The molecule has 1 heterocycles. The van der Waals surface area contributed by atoms with Gasteiger partial charge in [0.1, 0.15) is 11.6 Å². The molecule has 2 aromatic rings. The van der Waals surface area contributed by atoms with Crippen LogP contribution in [-0.2, 0) is 6.54 Å². The van der Waals surface area contributed by atoms with Crippen LogP contribution >= 0.6 is 11.3 Å². The molecule has 0 saturated carbocycles. The number of hydrogen-bond acceptors (Lipinski definition) is 2. The molecule has 0 aliphatic carbocycles. The van der Waals surface area contributed by atoms with Crippen LogP contribution < -0.4 is 5.32 Å². The number of aryl methyl sites for hydroxylation is 2. The lowest BCUT2D eigenvalue weighted by Crippen LogP contribution is -2.19. The average Bonchev–Trinajstić information content (AvgIpc) is 2.69. The summed E-state index contributed by atoms with van der Waals surface area (Å²) in [6, 6.07) is 5.79. The highest BCUT2D eigenvalue weighted by Crippen LogP contribution is 2.26. The maximum Gasteiger partial charge on any atom is 0.127 e. The van der Waals surface area contributed by atoms with E-state index < -0.39 is 5.82 Å². The number of rotatable bonds is 4. The number of nitrogens with one attached hydrogen (secondary N) is 1. The summed E-state index contributed by atoms with van der Waals surface area (Å²) in [4.78, 5) is 2.52. The Labute approximate surface area is 116 Å². The predicted molar refractivity (Wildman–Crippen MR) is 75.4 cm³/mol. The maximum atomic E-state index is 13.5. The van der Waals surface area contributed by atoms with Crippen molar-refractivity contribution in [3.05, 3.63) is 56.8 Å². The van der Waals surface area contributed by atoms with E-state index in [-0.39, 0.29) is 11.9 Å². The smallest absolute Gasteiger partial charge is 0.127 e. The Morgan fingerprint density at radius 2 is 1.95 bits per heavy atom. The van der Waals surface area contributed by atoms with Crippen LogP contribution in [0.4, 0.5) is 8.78 Å². The quantitative estimate of drug-likeness (QED) is 0.870. The molecule has 0 radical (unpaired) electrons. The molecular weight excluding hydrogens is 264 g/mol. The Hall–Kier alpha value is -1.26. The van der Waals surface area contributed by atoms with Gasteiger partial charge in [-0.15, -0.1) is 11.3 Å². The van der Waals surface area contributed by atoms with Gasteiger partial charge in [0.2, 0.25) is 0 Å². The van der Waals surface area contributed by atoms with Gasteiger partial charge in [0, 0.05) is 27.9 Å². The Morgan fingerprint density at radius 3 is 2.58 bits per heavy atom. The van der Waals surface area contributed by atoms with Crippen molar-refractivity contribution in [3.63, 3.8) is 0 Å². The summed E-state index contributed by atoms with van der Waals surface area (Å²) in [5.74, 6) is -0.785. The Kier molecular flexibility index (Phi) is 4.32. The third kappa shape index (κ3) is 3.39. The normalized spacial score (nSPS) is 12.7. The van der Waals surface area contributed by atoms with Gasteiger partial charge in [0.25, 0.3) is 0 Å². The van der Waals surface area contributed by atoms with E-state index in [4.69, 9.17) is 0 Å². The van der Waals surface area contributed by atoms with Gasteiger partial charge in [-0.05, 0) is 50.6 Å². The van der Waals surface area contributed by atoms with Gasteiger partial charge >= 0.3 is 0 Å². The van der Waals surface area contributed by atoms with Gasteiger partial charge < -0.3 is 5.32 Å². The molecule has 0 spiro atoms. The fourth-order valence-electron chi connectivity index (χ4n) is 2.13. The summed E-state index contributed by atoms with van der Waals surface area (Å²) in [5, 5.41) is 3.24. The van der Waals surface area contributed by atoms with Crippen LogP contribution in [0.5, 0.6) is 0 Å². The summed E-state index contributed by atoms with van der Waals surface area (Å²) >= 11 is 1.75. The largest absolute Gasteiger partial charge is 0.306 e. The van der Waals surface area contributed by atoms with Gasteiger partial charge in [-0.3, -0.25) is 0 Å². The summed E-state index contributed by atoms with van der Waals surface area (Å²) in [6.45, 7) is 6.50. The molecule has 0 saturated heterocycles. The lowest BCUT2D eigenvalue weighted by molar-refractivity contribution is 0.535. The first-order valence-electron chi connectivity index (χ1n) is 6.21. The zero-order valence-corrected chi connectivity index (χ0v) is 12.1. The molecule has 1 N–H and O–H groups in total. The van der Waals surface area contributed by atoms with Gasteiger partial charge in [-0.25, -0.2) is 8.78 Å². The van der Waals surface area contributed by atoms with E-state index in [9.17, 15) is 8.78 Å². The van der Waals surface area contributed by atoms with Crippen molar-refractivity contribution in [3.8, 4) is 0 Å². The summed E-state index contributed by atoms with van der Waals surface area (Å²) in [5.41, 5.74) is 1.58. The van der Waals surface area contributed by atoms with Crippen molar-refractivity contribution in [1.82, 2.24) is 5.32 Å². The SMILES string of the molecule is Cc1cc(C(C)NCc2cc(F)ccc2F)c(C)s1. The van der Waals surface area contributed by atoms with E-state index >= 15 is 0 Å². The molecule has 19 heavy (non-hydrogen) atoms. The predicted octanol–water partition coefficient (Wildman–Crippen LogP) is 4.49. The molecule has 1 atom stereocenters. The van der Waals surface area contributed by atoms with Crippen molar-refractivity contribution >= 4 is 11.3 Å². The Morgan fingerprint density at radius 1 is 1.21 bits per heavy atom. The number of hydrogen-bond donors (Lipinski definition) is 1. The number of thiophene rings is 1. The molecule has 1 unspecified atom stereocenters. The van der Waals surface area contributed by atoms with Crippen LogP contribution in [0.3, 0.4) is 0 Å². The zero-order valence-electron chi connectivity index (χ0n) is 11.3. The first-order valence-corrected chi connectivity index (χ1v) is 7.03. The molecule has 0 bridgehead atoms. The minimum Gasteiger partial charge on any atom is -0.306 e. The van der Waals surface area contributed by atoms with Gasteiger partial charge in [0.15, 0.2) is 0 Å². The highest BCUT2D eigenvalue weighted by molar-refractivity contribution is 7.12. The minimum atomic E-state index is -0.409. The van der Waals surface area contributed by atoms with Gasteiger partial charge in [-0.2, -0.15) is 0 Å². The minimum absolute atomic E-state index is 0.118. The number of benzene rings is 1. The van der Waals surface area contributed by atoms with Gasteiger partial charge in [0.05, 0.1) is 0 Å². The second-order valence-corrected chi connectivity index (χ2v) is 6.17. The maximum absolute atomic E-state index is 13.5. The lowest BCUT2D eigenvalue weighted by Gasteiger charge is -2.14. The first kappa shape index (κ1) is 14.2. The standard InChI is InChI=1S/C15H17F2NS/c1-9-6-14(11(3)19-9)10(2)18-8-12-7-13(16)4-5-15(12)17/h4-7,10,18H,8H2,1-3H3. The highest BCUT2D eigenvalue weighted by atomic mass is 32.1. The lowest BCUT2D eigenvalue weighted by atomic mass is 10.1. The zero-order chi connectivity index (χ0) is 14.0. The van der Waals surface area contributed by atoms with Crippen LogP contribution in [-0.4, -0.2) is 0 Å². The molecule has 0 aliphatic rings. The van der Waals surface area contributed by atoms with E-state index in [2.05, 4.69) is 25.2 Å². The summed E-state index contributed by atoms with van der Waals surface area (Å²) in [6.07, 6.45) is 0. The Balaban J connectivity index is 2.06. The fourth-order valence-corrected chi connectivity index (χ4v) is 3.15. The van der Waals surface area contributed by atoms with Gasteiger partial charge in [-0.1, -0.05) is 0 Å². The van der Waals surface area contributed by atoms with Crippen LogP contribution in [0.2, 0.25) is 0 Å². The van der Waals surface area contributed by atoms with Crippen molar-refractivity contribution in [2.24, 2.45) is 0 Å². The highest BCUT2D eigenvalue weighted by Gasteiger charge is 2.12. The molecule has 1 aromatic heterocycles. The van der Waals surface area contributed by atoms with E-state index in [1.807, 2.05) is 6.92 Å². The molecule has 0 amide bonds. The van der Waals surface area contributed by atoms with E-state index in [0.29, 0.717) is 12.1 Å². The van der Waals surface area contributed by atoms with Crippen molar-refractivity contribution in [2.45, 2.75) is 33.4 Å². The summed E-state index contributed by atoms with van der Waals surface area (Å²) in [7, 11) is 0. The van der Waals surface area contributed by atoms with Crippen LogP contribution in [0.15, 0.2) is 24.3 Å². The Bertz CT molecular complexity index is 578. The molecule has 1 nitrogen and oxygen atoms in total. The van der Waals surface area contributed by atoms with E-state index in [1.165, 1.54) is 21.4 Å². The van der Waals surface area contributed by atoms with E-state index in [1.54, 1.807) is 11.3 Å². The van der Waals surface area contributed by atoms with E-state index in [0.717, 1.165) is 12.1 Å². The molecular formula is C15H17F2NS. The summed E-state index contributed by atoms with van der Waals surface area (Å²) < 4.78 is 26.6. The molecule has 1 aromatic carbocycles. The third-order valence-electron chi connectivity index (χ3n) is 3.15. The monoisotopic (exact) mass is 281 g/mol. The average molecular weight is 281 g/mol. The molecule has 2 rings (SSSR count). The fraction of sp³-hybridized carbons (Fsp3) is 0.333. The van der Waals surface area contributed by atoms with Crippen molar-refractivity contribution in [2.75, 3.05) is 0 Å². The molecule has 0 fully saturated rings. The van der Waals surface area contributed by atoms with Crippen molar-refractivity contribution in [1.29, 1.82) is 0 Å².